The van der Waals surface area contributed by atoms with E-state index in [1.807, 2.05) is 0 Å². The molecule has 0 aliphatic carbocycles. The maximum absolute atomic E-state index is 12.9. The summed E-state index contributed by atoms with van der Waals surface area (Å²) in [6.45, 7) is 3.71. The highest BCUT2D eigenvalue weighted by Crippen LogP contribution is 2.34. The minimum atomic E-state index is -4.50. The van der Waals surface area contributed by atoms with Crippen molar-refractivity contribution in [3.05, 3.63) is 29.8 Å². The van der Waals surface area contributed by atoms with Gasteiger partial charge in [0.05, 0.1) is 17.9 Å². The van der Waals surface area contributed by atoms with Crippen LogP contribution in [0.2, 0.25) is 0 Å². The van der Waals surface area contributed by atoms with Crippen molar-refractivity contribution >= 4 is 11.7 Å². The predicted molar refractivity (Wildman–Crippen MR) is 80.4 cm³/mol. The van der Waals surface area contributed by atoms with Crippen molar-refractivity contribution in [2.45, 2.75) is 6.18 Å². The number of carbonyl (C=O) groups excluding carboxylic acids is 1. The van der Waals surface area contributed by atoms with Crippen LogP contribution in [0.15, 0.2) is 24.3 Å². The Kier molecular flexibility index (Phi) is 5.84. The molecule has 1 fully saturated rings. The molecule has 1 N–H and O–H groups in total. The zero-order valence-corrected chi connectivity index (χ0v) is 12.9. The highest BCUT2D eigenvalue weighted by molar-refractivity contribution is 5.90. The molecule has 128 valence electrons. The molecular formula is C15H20F3N3O2. The van der Waals surface area contributed by atoms with Gasteiger partial charge in [-0.05, 0) is 12.1 Å². The van der Waals surface area contributed by atoms with Crippen LogP contribution in [0.4, 0.5) is 23.7 Å². The van der Waals surface area contributed by atoms with Gasteiger partial charge in [0.1, 0.15) is 0 Å². The summed E-state index contributed by atoms with van der Waals surface area (Å²) >= 11 is 0. The topological polar surface area (TPSA) is 44.8 Å². The lowest BCUT2D eigenvalue weighted by atomic mass is 10.1. The molecule has 5 nitrogen and oxygen atoms in total. The Morgan fingerprint density at radius 3 is 2.48 bits per heavy atom. The van der Waals surface area contributed by atoms with Crippen LogP contribution in [0.3, 0.4) is 0 Å². The van der Waals surface area contributed by atoms with Gasteiger partial charge >= 0.3 is 12.2 Å². The lowest BCUT2D eigenvalue weighted by Crippen LogP contribution is -2.50. The van der Waals surface area contributed by atoms with Gasteiger partial charge in [-0.2, -0.15) is 13.2 Å². The summed E-state index contributed by atoms with van der Waals surface area (Å²) in [5.41, 5.74) is -1.06. The lowest BCUT2D eigenvalue weighted by molar-refractivity contribution is -0.136. The van der Waals surface area contributed by atoms with Crippen molar-refractivity contribution < 1.29 is 22.7 Å². The SMILES string of the molecule is COCCN1CCN(C(=O)Nc2ccccc2C(F)(F)F)CC1. The first-order valence-corrected chi connectivity index (χ1v) is 7.35. The number of nitrogens with zero attached hydrogens (tertiary/aromatic N) is 2. The second-order valence-electron chi connectivity index (χ2n) is 5.29. The molecule has 0 atom stereocenters. The summed E-state index contributed by atoms with van der Waals surface area (Å²) in [6.07, 6.45) is -4.50. The van der Waals surface area contributed by atoms with Crippen molar-refractivity contribution in [2.75, 3.05) is 51.8 Å². The summed E-state index contributed by atoms with van der Waals surface area (Å²) in [5.74, 6) is 0. The van der Waals surface area contributed by atoms with Gasteiger partial charge in [0.15, 0.2) is 0 Å². The smallest absolute Gasteiger partial charge is 0.383 e. The van der Waals surface area contributed by atoms with E-state index in [4.69, 9.17) is 4.74 Å². The molecule has 0 bridgehead atoms. The molecule has 1 aliphatic heterocycles. The number of halogens is 3. The van der Waals surface area contributed by atoms with Crippen LogP contribution < -0.4 is 5.32 Å². The molecule has 1 aromatic carbocycles. The predicted octanol–water partition coefficient (Wildman–Crippen LogP) is 2.50. The number of amides is 2. The Morgan fingerprint density at radius 1 is 1.22 bits per heavy atom. The molecule has 2 rings (SSSR count). The summed E-state index contributed by atoms with van der Waals surface area (Å²) in [5, 5.41) is 2.37. The van der Waals surface area contributed by atoms with Gasteiger partial charge in [0, 0.05) is 39.8 Å². The van der Waals surface area contributed by atoms with Crippen molar-refractivity contribution in [1.29, 1.82) is 0 Å². The molecular weight excluding hydrogens is 311 g/mol. The number of benzene rings is 1. The van der Waals surface area contributed by atoms with Crippen molar-refractivity contribution in [1.82, 2.24) is 9.80 Å². The van der Waals surface area contributed by atoms with Gasteiger partial charge in [0.2, 0.25) is 0 Å². The molecule has 0 radical (unpaired) electrons. The molecule has 1 heterocycles. The fourth-order valence-electron chi connectivity index (χ4n) is 2.43. The Morgan fingerprint density at radius 2 is 1.87 bits per heavy atom. The second-order valence-corrected chi connectivity index (χ2v) is 5.29. The number of para-hydroxylation sites is 1. The first kappa shape index (κ1) is 17.6. The van der Waals surface area contributed by atoms with Crippen LogP contribution in [0.5, 0.6) is 0 Å². The number of nitrogens with one attached hydrogen (secondary N) is 1. The molecule has 23 heavy (non-hydrogen) atoms. The number of anilines is 1. The number of rotatable bonds is 4. The molecule has 8 heteroatoms. The Labute approximate surface area is 133 Å². The lowest BCUT2D eigenvalue weighted by Gasteiger charge is -2.34. The standard InChI is InChI=1S/C15H20F3N3O2/c1-23-11-10-20-6-8-21(9-7-20)14(22)19-13-5-3-2-4-12(13)15(16,17)18/h2-5H,6-11H2,1H3,(H,19,22). The number of hydrogen-bond donors (Lipinski definition) is 1. The monoisotopic (exact) mass is 331 g/mol. The van der Waals surface area contributed by atoms with Gasteiger partial charge in [-0.15, -0.1) is 0 Å². The van der Waals surface area contributed by atoms with Crippen LogP contribution >= 0.6 is 0 Å². The number of methoxy groups -OCH3 is 1. The van der Waals surface area contributed by atoms with Gasteiger partial charge in [-0.25, -0.2) is 4.79 Å². The fraction of sp³-hybridized carbons (Fsp3) is 0.533. The van der Waals surface area contributed by atoms with E-state index < -0.39 is 17.8 Å². The Bertz CT molecular complexity index is 529. The quantitative estimate of drug-likeness (QED) is 0.922. The third-order valence-electron chi connectivity index (χ3n) is 3.75. The Balaban J connectivity index is 1.94. The zero-order chi connectivity index (χ0) is 16.9. The largest absolute Gasteiger partial charge is 0.418 e. The second kappa shape index (κ2) is 7.65. The van der Waals surface area contributed by atoms with Crippen molar-refractivity contribution in [3.8, 4) is 0 Å². The van der Waals surface area contributed by atoms with E-state index >= 15 is 0 Å². The maximum atomic E-state index is 12.9. The number of urea groups is 1. The van der Waals surface area contributed by atoms with Crippen molar-refractivity contribution in [2.24, 2.45) is 0 Å². The number of alkyl halides is 3. The molecule has 0 unspecified atom stereocenters. The Hall–Kier alpha value is -1.80. The van der Waals surface area contributed by atoms with Gasteiger partial charge < -0.3 is 15.0 Å². The third kappa shape index (κ3) is 4.84. The van der Waals surface area contributed by atoms with Crippen molar-refractivity contribution in [3.63, 3.8) is 0 Å². The molecule has 0 spiro atoms. The third-order valence-corrected chi connectivity index (χ3v) is 3.75. The molecule has 0 saturated carbocycles. The van der Waals surface area contributed by atoms with E-state index in [0.29, 0.717) is 32.8 Å². The summed E-state index contributed by atoms with van der Waals surface area (Å²) in [7, 11) is 1.63. The number of ether oxygens (including phenoxy) is 1. The highest BCUT2D eigenvalue weighted by Gasteiger charge is 2.34. The number of carbonyl (C=O) groups is 1. The maximum Gasteiger partial charge on any atom is 0.418 e. The van der Waals surface area contributed by atoms with Gasteiger partial charge in [-0.1, -0.05) is 12.1 Å². The summed E-state index contributed by atoms with van der Waals surface area (Å²) < 4.78 is 43.8. The van der Waals surface area contributed by atoms with E-state index in [2.05, 4.69) is 10.2 Å². The van der Waals surface area contributed by atoms with E-state index in [1.54, 1.807) is 7.11 Å². The molecule has 1 aromatic rings. The van der Waals surface area contributed by atoms with Crippen LogP contribution in [-0.2, 0) is 10.9 Å². The van der Waals surface area contributed by atoms with E-state index in [1.165, 1.54) is 23.1 Å². The number of piperazine rings is 1. The molecule has 2 amide bonds. The van der Waals surface area contributed by atoms with E-state index in [-0.39, 0.29) is 5.69 Å². The van der Waals surface area contributed by atoms with E-state index in [9.17, 15) is 18.0 Å². The van der Waals surface area contributed by atoms with Crippen LogP contribution in [-0.4, -0.2) is 62.3 Å². The zero-order valence-electron chi connectivity index (χ0n) is 12.9. The van der Waals surface area contributed by atoms with Gasteiger partial charge in [0.25, 0.3) is 0 Å². The average Bonchev–Trinajstić information content (AvgIpc) is 2.53. The highest BCUT2D eigenvalue weighted by atomic mass is 19.4. The minimum Gasteiger partial charge on any atom is -0.383 e. The van der Waals surface area contributed by atoms with Crippen LogP contribution in [0.25, 0.3) is 0 Å². The fourth-order valence-corrected chi connectivity index (χ4v) is 2.43. The van der Waals surface area contributed by atoms with Crippen LogP contribution in [0.1, 0.15) is 5.56 Å². The van der Waals surface area contributed by atoms with E-state index in [0.717, 1.165) is 12.6 Å². The number of hydrogen-bond acceptors (Lipinski definition) is 3. The van der Waals surface area contributed by atoms with Gasteiger partial charge in [-0.3, -0.25) is 4.90 Å². The minimum absolute atomic E-state index is 0.216. The first-order chi connectivity index (χ1) is 10.9. The van der Waals surface area contributed by atoms with Crippen LogP contribution in [0, 0.1) is 0 Å². The molecule has 1 saturated heterocycles. The molecule has 1 aliphatic rings. The normalized spacial score (nSPS) is 16.4. The average molecular weight is 331 g/mol. The molecule has 0 aromatic heterocycles. The summed E-state index contributed by atoms with van der Waals surface area (Å²) in [4.78, 5) is 15.8. The summed E-state index contributed by atoms with van der Waals surface area (Å²) in [6, 6.07) is 4.47. The first-order valence-electron chi connectivity index (χ1n) is 7.35.